The van der Waals surface area contributed by atoms with E-state index < -0.39 is 0 Å². The monoisotopic (exact) mass is 251 g/mol. The molecule has 2 rings (SSSR count). The number of rotatable bonds is 2. The first-order chi connectivity index (χ1) is 8.15. The third kappa shape index (κ3) is 3.32. The number of amides is 1. The second-order valence-electron chi connectivity index (χ2n) is 4.11. The summed E-state index contributed by atoms with van der Waals surface area (Å²) in [7, 11) is 0. The number of benzene rings is 1. The van der Waals surface area contributed by atoms with Crippen molar-refractivity contribution in [2.24, 2.45) is 0 Å². The topological polar surface area (TPSA) is 40.5 Å². The first kappa shape index (κ1) is 12.1. The summed E-state index contributed by atoms with van der Waals surface area (Å²) >= 11 is 5.77. The normalized spacial score (nSPS) is 20.1. The number of aliphatic hydroxyl groups is 1. The average molecular weight is 252 g/mol. The number of carbonyl (C=O) groups excluding carboxylic acids is 1. The van der Waals surface area contributed by atoms with Crippen LogP contribution in [0, 0.1) is 0 Å². The van der Waals surface area contributed by atoms with Crippen LogP contribution in [0.5, 0.6) is 0 Å². The van der Waals surface area contributed by atoms with Gasteiger partial charge in [-0.2, -0.15) is 0 Å². The van der Waals surface area contributed by atoms with Crippen LogP contribution in [0.25, 0.3) is 6.08 Å². The van der Waals surface area contributed by atoms with Crippen LogP contribution in [0.3, 0.4) is 0 Å². The fraction of sp³-hybridized carbons (Fsp3) is 0.308. The molecule has 1 amide bonds. The molecule has 1 fully saturated rings. The van der Waals surface area contributed by atoms with Crippen molar-refractivity contribution < 1.29 is 9.90 Å². The van der Waals surface area contributed by atoms with E-state index in [9.17, 15) is 9.90 Å². The van der Waals surface area contributed by atoms with Crippen LogP contribution in [-0.2, 0) is 4.79 Å². The molecule has 1 aliphatic heterocycles. The summed E-state index contributed by atoms with van der Waals surface area (Å²) in [6.45, 7) is 1.06. The Morgan fingerprint density at radius 3 is 2.71 bits per heavy atom. The maximum absolute atomic E-state index is 11.7. The molecule has 0 spiro atoms. The maximum Gasteiger partial charge on any atom is 0.246 e. The number of β-amino-alcohol motifs (C(OH)–C–C–N with tert-alkyl or cyclic N) is 1. The molecule has 4 heteroatoms. The number of hydrogen-bond donors (Lipinski definition) is 1. The van der Waals surface area contributed by atoms with Gasteiger partial charge in [-0.3, -0.25) is 4.79 Å². The van der Waals surface area contributed by atoms with Crippen LogP contribution in [0.1, 0.15) is 12.0 Å². The van der Waals surface area contributed by atoms with E-state index in [1.165, 1.54) is 6.08 Å². The van der Waals surface area contributed by atoms with Crippen molar-refractivity contribution in [3.63, 3.8) is 0 Å². The fourth-order valence-corrected chi connectivity index (χ4v) is 1.91. The molecule has 90 valence electrons. The van der Waals surface area contributed by atoms with Crippen LogP contribution in [0.4, 0.5) is 0 Å². The second-order valence-corrected chi connectivity index (χ2v) is 4.55. The minimum atomic E-state index is -0.372. The SMILES string of the molecule is O=C(C=Cc1ccc(Cl)cc1)N1CCC(O)C1. The van der Waals surface area contributed by atoms with Gasteiger partial charge in [-0.25, -0.2) is 0 Å². The van der Waals surface area contributed by atoms with Crippen LogP contribution < -0.4 is 0 Å². The average Bonchev–Trinajstić information content (AvgIpc) is 2.75. The highest BCUT2D eigenvalue weighted by molar-refractivity contribution is 6.30. The molecule has 1 aliphatic rings. The molecule has 0 aliphatic carbocycles. The molecule has 1 aromatic rings. The zero-order chi connectivity index (χ0) is 12.3. The third-order valence-electron chi connectivity index (χ3n) is 2.76. The first-order valence-corrected chi connectivity index (χ1v) is 5.93. The Bertz CT molecular complexity index is 428. The molecule has 1 atom stereocenters. The molecule has 0 radical (unpaired) electrons. The quantitative estimate of drug-likeness (QED) is 0.817. The lowest BCUT2D eigenvalue weighted by Gasteiger charge is -2.12. The van der Waals surface area contributed by atoms with E-state index in [1.807, 2.05) is 12.1 Å². The van der Waals surface area contributed by atoms with Crippen molar-refractivity contribution in [1.29, 1.82) is 0 Å². The minimum absolute atomic E-state index is 0.0588. The summed E-state index contributed by atoms with van der Waals surface area (Å²) in [6.07, 6.45) is 3.58. The second kappa shape index (κ2) is 5.34. The van der Waals surface area contributed by atoms with Crippen molar-refractivity contribution >= 4 is 23.6 Å². The molecule has 0 aromatic heterocycles. The zero-order valence-electron chi connectivity index (χ0n) is 9.34. The molecule has 1 N–H and O–H groups in total. The highest BCUT2D eigenvalue weighted by atomic mass is 35.5. The van der Waals surface area contributed by atoms with Gasteiger partial charge in [0.05, 0.1) is 6.10 Å². The minimum Gasteiger partial charge on any atom is -0.391 e. The van der Waals surface area contributed by atoms with Gasteiger partial charge in [0, 0.05) is 24.2 Å². The molecule has 1 aromatic carbocycles. The summed E-state index contributed by atoms with van der Waals surface area (Å²) < 4.78 is 0. The van der Waals surface area contributed by atoms with Crippen molar-refractivity contribution in [2.45, 2.75) is 12.5 Å². The van der Waals surface area contributed by atoms with Crippen molar-refractivity contribution in [1.82, 2.24) is 4.90 Å². The van der Waals surface area contributed by atoms with Crippen molar-refractivity contribution in [2.75, 3.05) is 13.1 Å². The highest BCUT2D eigenvalue weighted by Gasteiger charge is 2.22. The number of halogens is 1. The van der Waals surface area contributed by atoms with Gasteiger partial charge >= 0.3 is 0 Å². The molecule has 3 nitrogen and oxygen atoms in total. The lowest BCUT2D eigenvalue weighted by atomic mass is 10.2. The highest BCUT2D eigenvalue weighted by Crippen LogP contribution is 2.12. The Labute approximate surface area is 105 Å². The molecule has 1 heterocycles. The van der Waals surface area contributed by atoms with Crippen molar-refractivity contribution in [3.05, 3.63) is 40.9 Å². The standard InChI is InChI=1S/C13H14ClNO2/c14-11-4-1-10(2-5-11)3-6-13(17)15-8-7-12(16)9-15/h1-6,12,16H,7-9H2. The van der Waals surface area contributed by atoms with E-state index in [0.29, 0.717) is 24.5 Å². The van der Waals surface area contributed by atoms with Gasteiger partial charge < -0.3 is 10.0 Å². The van der Waals surface area contributed by atoms with Crippen LogP contribution >= 0.6 is 11.6 Å². The predicted octanol–water partition coefficient (Wildman–Crippen LogP) is 1.95. The number of hydrogen-bond acceptors (Lipinski definition) is 2. The summed E-state index contributed by atoms with van der Waals surface area (Å²) in [5, 5.41) is 10.0. The van der Waals surface area contributed by atoms with Gasteiger partial charge in [0.15, 0.2) is 0 Å². The fourth-order valence-electron chi connectivity index (χ4n) is 1.79. The molecule has 1 saturated heterocycles. The Balaban J connectivity index is 1.96. The van der Waals surface area contributed by atoms with Gasteiger partial charge in [0.25, 0.3) is 0 Å². The zero-order valence-corrected chi connectivity index (χ0v) is 10.1. The van der Waals surface area contributed by atoms with Gasteiger partial charge in [0.2, 0.25) is 5.91 Å². The lowest BCUT2D eigenvalue weighted by Crippen LogP contribution is -2.27. The van der Waals surface area contributed by atoms with Gasteiger partial charge in [-0.15, -0.1) is 0 Å². The van der Waals surface area contributed by atoms with E-state index in [0.717, 1.165) is 5.56 Å². The smallest absolute Gasteiger partial charge is 0.246 e. The van der Waals surface area contributed by atoms with Crippen LogP contribution in [-0.4, -0.2) is 35.1 Å². The van der Waals surface area contributed by atoms with Crippen molar-refractivity contribution in [3.8, 4) is 0 Å². The number of nitrogens with zero attached hydrogens (tertiary/aromatic N) is 1. The predicted molar refractivity (Wildman–Crippen MR) is 67.7 cm³/mol. The number of likely N-dealkylation sites (tertiary alicyclic amines) is 1. The first-order valence-electron chi connectivity index (χ1n) is 5.56. The van der Waals surface area contributed by atoms with E-state index in [1.54, 1.807) is 23.1 Å². The number of carbonyl (C=O) groups is 1. The lowest BCUT2D eigenvalue weighted by molar-refractivity contribution is -0.125. The molecule has 1 unspecified atom stereocenters. The van der Waals surface area contributed by atoms with Gasteiger partial charge in [-0.1, -0.05) is 23.7 Å². The molecule has 17 heavy (non-hydrogen) atoms. The summed E-state index contributed by atoms with van der Waals surface area (Å²) in [5.41, 5.74) is 0.933. The number of aliphatic hydroxyl groups excluding tert-OH is 1. The van der Waals surface area contributed by atoms with E-state index in [2.05, 4.69) is 0 Å². The molecule has 0 bridgehead atoms. The summed E-state index contributed by atoms with van der Waals surface area (Å²) in [5.74, 6) is -0.0588. The Morgan fingerprint density at radius 1 is 1.41 bits per heavy atom. The molecular formula is C13H14ClNO2. The van der Waals surface area contributed by atoms with E-state index >= 15 is 0 Å². The van der Waals surface area contributed by atoms with Gasteiger partial charge in [0.1, 0.15) is 0 Å². The third-order valence-corrected chi connectivity index (χ3v) is 3.02. The summed E-state index contributed by atoms with van der Waals surface area (Å²) in [6, 6.07) is 7.27. The van der Waals surface area contributed by atoms with E-state index in [-0.39, 0.29) is 12.0 Å². The van der Waals surface area contributed by atoms with Gasteiger partial charge in [-0.05, 0) is 30.2 Å². The maximum atomic E-state index is 11.7. The van der Waals surface area contributed by atoms with Crippen LogP contribution in [0.15, 0.2) is 30.3 Å². The largest absolute Gasteiger partial charge is 0.391 e. The van der Waals surface area contributed by atoms with Crippen LogP contribution in [0.2, 0.25) is 5.02 Å². The Morgan fingerprint density at radius 2 is 2.12 bits per heavy atom. The molecule has 0 saturated carbocycles. The Hall–Kier alpha value is -1.32. The summed E-state index contributed by atoms with van der Waals surface area (Å²) in [4.78, 5) is 13.4. The molecular weight excluding hydrogens is 238 g/mol. The van der Waals surface area contributed by atoms with E-state index in [4.69, 9.17) is 11.6 Å². The Kier molecular flexibility index (Phi) is 3.82.